The lowest BCUT2D eigenvalue weighted by molar-refractivity contribution is 0.123. The van der Waals surface area contributed by atoms with Crippen LogP contribution in [0.15, 0.2) is 48.7 Å². The Kier molecular flexibility index (Phi) is 5.01. The highest BCUT2D eigenvalue weighted by Gasteiger charge is 1.98. The average Bonchev–Trinajstić information content (AvgIpc) is 2.45. The van der Waals surface area contributed by atoms with Crippen LogP contribution in [0.3, 0.4) is 0 Å². The third kappa shape index (κ3) is 4.43. The maximum Gasteiger partial charge on any atom is 0.103 e. The molecule has 0 saturated carbocycles. The molecule has 0 aliphatic carbocycles. The van der Waals surface area contributed by atoms with Gasteiger partial charge in [0.2, 0.25) is 0 Å². The Bertz CT molecular complexity index is 526. The highest BCUT2D eigenvalue weighted by molar-refractivity contribution is 7.80. The minimum Gasteiger partial charge on any atom is -0.389 e. The topological polar surface area (TPSA) is 48.1 Å². The van der Waals surface area contributed by atoms with Crippen LogP contribution >= 0.6 is 12.2 Å². The number of nitrogens with two attached hydrogens (primary N) is 1. The van der Waals surface area contributed by atoms with E-state index in [-0.39, 0.29) is 0 Å². The van der Waals surface area contributed by atoms with Crippen molar-refractivity contribution >= 4 is 17.2 Å². The number of thiocarbonyl (C=S) groups is 1. The number of nitrogens with zero attached hydrogens (tertiary/aromatic N) is 1. The molecule has 0 fully saturated rings. The standard InChI is InChI=1S/C15H16N2OS/c16-15(19)13-6-4-12(5-7-13)11-18-10-8-14-3-1-2-9-17-14/h1-7,9H,8,10-11H2,(H2,16,19). The van der Waals surface area contributed by atoms with Gasteiger partial charge < -0.3 is 10.5 Å². The minimum atomic E-state index is 0.419. The van der Waals surface area contributed by atoms with Crippen LogP contribution < -0.4 is 5.73 Å². The van der Waals surface area contributed by atoms with Gasteiger partial charge in [0.05, 0.1) is 13.2 Å². The summed E-state index contributed by atoms with van der Waals surface area (Å²) in [7, 11) is 0. The summed E-state index contributed by atoms with van der Waals surface area (Å²) in [6, 6.07) is 13.7. The second kappa shape index (κ2) is 6.97. The molecular formula is C15H16N2OS. The summed E-state index contributed by atoms with van der Waals surface area (Å²) >= 11 is 4.91. The monoisotopic (exact) mass is 272 g/mol. The van der Waals surface area contributed by atoms with Crippen LogP contribution in [0.1, 0.15) is 16.8 Å². The fourth-order valence-electron chi connectivity index (χ4n) is 1.68. The Balaban J connectivity index is 1.75. The number of aromatic nitrogens is 1. The van der Waals surface area contributed by atoms with Gasteiger partial charge >= 0.3 is 0 Å². The molecule has 0 saturated heterocycles. The zero-order valence-corrected chi connectivity index (χ0v) is 11.4. The van der Waals surface area contributed by atoms with Crippen molar-refractivity contribution in [2.24, 2.45) is 5.73 Å². The summed E-state index contributed by atoms with van der Waals surface area (Å²) in [4.78, 5) is 4.67. The molecule has 0 atom stereocenters. The number of hydrogen-bond acceptors (Lipinski definition) is 3. The smallest absolute Gasteiger partial charge is 0.103 e. The lowest BCUT2D eigenvalue weighted by Gasteiger charge is -2.05. The molecule has 3 nitrogen and oxygen atoms in total. The third-order valence-corrected chi connectivity index (χ3v) is 2.97. The van der Waals surface area contributed by atoms with Gasteiger partial charge in [-0.25, -0.2) is 0 Å². The van der Waals surface area contributed by atoms with Crippen LogP contribution in [0.4, 0.5) is 0 Å². The first-order valence-electron chi connectivity index (χ1n) is 6.12. The lowest BCUT2D eigenvalue weighted by atomic mass is 10.1. The Labute approximate surface area is 118 Å². The number of hydrogen-bond donors (Lipinski definition) is 1. The summed E-state index contributed by atoms with van der Waals surface area (Å²) in [6.45, 7) is 1.25. The summed E-state index contributed by atoms with van der Waals surface area (Å²) in [6.07, 6.45) is 2.62. The van der Waals surface area contributed by atoms with E-state index in [0.717, 1.165) is 23.2 Å². The molecule has 19 heavy (non-hydrogen) atoms. The van der Waals surface area contributed by atoms with E-state index in [0.29, 0.717) is 18.2 Å². The van der Waals surface area contributed by atoms with Gasteiger partial charge in [0.25, 0.3) is 0 Å². The van der Waals surface area contributed by atoms with E-state index in [1.807, 2.05) is 42.5 Å². The van der Waals surface area contributed by atoms with Gasteiger partial charge in [-0.15, -0.1) is 0 Å². The molecule has 0 spiro atoms. The van der Waals surface area contributed by atoms with Crippen molar-refractivity contribution in [2.75, 3.05) is 6.61 Å². The summed E-state index contributed by atoms with van der Waals surface area (Å²) in [5.41, 5.74) is 8.58. The number of pyridine rings is 1. The van der Waals surface area contributed by atoms with Crippen LogP contribution in [-0.4, -0.2) is 16.6 Å². The molecule has 0 bridgehead atoms. The predicted molar refractivity (Wildman–Crippen MR) is 79.9 cm³/mol. The molecule has 0 aliphatic rings. The second-order valence-corrected chi connectivity index (χ2v) is 4.62. The Morgan fingerprint density at radius 2 is 1.95 bits per heavy atom. The van der Waals surface area contributed by atoms with E-state index in [1.54, 1.807) is 6.20 Å². The van der Waals surface area contributed by atoms with Gasteiger partial charge in [0.15, 0.2) is 0 Å². The Morgan fingerprint density at radius 1 is 1.16 bits per heavy atom. The molecule has 1 aromatic heterocycles. The molecule has 98 valence electrons. The first kappa shape index (κ1) is 13.6. The van der Waals surface area contributed by atoms with E-state index in [9.17, 15) is 0 Å². The van der Waals surface area contributed by atoms with Crippen molar-refractivity contribution in [1.82, 2.24) is 4.98 Å². The zero-order valence-electron chi connectivity index (χ0n) is 10.6. The molecule has 1 aromatic carbocycles. The normalized spacial score (nSPS) is 10.3. The second-order valence-electron chi connectivity index (χ2n) is 4.18. The number of rotatable bonds is 6. The van der Waals surface area contributed by atoms with Crippen molar-refractivity contribution in [1.29, 1.82) is 0 Å². The molecule has 0 radical (unpaired) electrons. The molecule has 0 aliphatic heterocycles. The van der Waals surface area contributed by atoms with Gasteiger partial charge in [-0.3, -0.25) is 4.98 Å². The Hall–Kier alpha value is -1.78. The summed E-state index contributed by atoms with van der Waals surface area (Å²) < 4.78 is 5.62. The highest BCUT2D eigenvalue weighted by Crippen LogP contribution is 2.06. The van der Waals surface area contributed by atoms with E-state index >= 15 is 0 Å². The highest BCUT2D eigenvalue weighted by atomic mass is 32.1. The maximum absolute atomic E-state index is 5.62. The first-order valence-corrected chi connectivity index (χ1v) is 6.53. The van der Waals surface area contributed by atoms with Crippen molar-refractivity contribution in [3.63, 3.8) is 0 Å². The van der Waals surface area contributed by atoms with E-state index < -0.39 is 0 Å². The molecule has 2 aromatic rings. The largest absolute Gasteiger partial charge is 0.389 e. The van der Waals surface area contributed by atoms with Crippen LogP contribution in [0.25, 0.3) is 0 Å². The predicted octanol–water partition coefficient (Wildman–Crippen LogP) is 2.48. The zero-order chi connectivity index (χ0) is 13.5. The molecule has 2 N–H and O–H groups in total. The molecule has 4 heteroatoms. The van der Waals surface area contributed by atoms with Gasteiger partial charge in [-0.2, -0.15) is 0 Å². The Morgan fingerprint density at radius 3 is 2.58 bits per heavy atom. The number of benzene rings is 1. The quantitative estimate of drug-likeness (QED) is 0.648. The summed E-state index contributed by atoms with van der Waals surface area (Å²) in [5, 5.41) is 0. The minimum absolute atomic E-state index is 0.419. The van der Waals surface area contributed by atoms with Crippen LogP contribution in [0, 0.1) is 0 Å². The fraction of sp³-hybridized carbons (Fsp3) is 0.200. The van der Waals surface area contributed by atoms with Crippen LogP contribution in [0.2, 0.25) is 0 Å². The van der Waals surface area contributed by atoms with Crippen LogP contribution in [-0.2, 0) is 17.8 Å². The van der Waals surface area contributed by atoms with Crippen molar-refractivity contribution in [2.45, 2.75) is 13.0 Å². The molecule has 1 heterocycles. The molecule has 2 rings (SSSR count). The van der Waals surface area contributed by atoms with Crippen LogP contribution in [0.5, 0.6) is 0 Å². The lowest BCUT2D eigenvalue weighted by Crippen LogP contribution is -2.09. The number of ether oxygens (including phenoxy) is 1. The van der Waals surface area contributed by atoms with Gasteiger partial charge in [0, 0.05) is 23.9 Å². The summed E-state index contributed by atoms with van der Waals surface area (Å²) in [5.74, 6) is 0. The first-order chi connectivity index (χ1) is 9.25. The van der Waals surface area contributed by atoms with Crippen molar-refractivity contribution in [3.8, 4) is 0 Å². The SMILES string of the molecule is NC(=S)c1ccc(COCCc2ccccn2)cc1. The van der Waals surface area contributed by atoms with Gasteiger partial charge in [-0.05, 0) is 17.7 Å². The fourth-order valence-corrected chi connectivity index (χ4v) is 1.81. The van der Waals surface area contributed by atoms with Crippen molar-refractivity contribution in [3.05, 3.63) is 65.5 Å². The van der Waals surface area contributed by atoms with Crippen molar-refractivity contribution < 1.29 is 4.74 Å². The average molecular weight is 272 g/mol. The molecule has 0 unspecified atom stereocenters. The van der Waals surface area contributed by atoms with Gasteiger partial charge in [0.1, 0.15) is 4.99 Å². The van der Waals surface area contributed by atoms with E-state index in [2.05, 4.69) is 4.98 Å². The maximum atomic E-state index is 5.62. The van der Waals surface area contributed by atoms with E-state index in [1.165, 1.54) is 0 Å². The van der Waals surface area contributed by atoms with Gasteiger partial charge in [-0.1, -0.05) is 42.5 Å². The molecular weight excluding hydrogens is 256 g/mol. The third-order valence-electron chi connectivity index (χ3n) is 2.74. The molecule has 0 amide bonds. The van der Waals surface area contributed by atoms with E-state index in [4.69, 9.17) is 22.7 Å².